The number of carbonyl (C=O) groups is 1. The summed E-state index contributed by atoms with van der Waals surface area (Å²) in [7, 11) is 0. The molecular weight excluding hydrogens is 240 g/mol. The smallest absolute Gasteiger partial charge is 0.344 e. The van der Waals surface area contributed by atoms with E-state index in [1.165, 1.54) is 0 Å². The SMILES string of the molecule is Cc1cc(Cl)ccc1OCC(=O)OC(C)(C)C. The van der Waals surface area contributed by atoms with E-state index in [4.69, 9.17) is 21.1 Å². The van der Waals surface area contributed by atoms with Crippen LogP contribution in [-0.2, 0) is 9.53 Å². The van der Waals surface area contributed by atoms with Gasteiger partial charge < -0.3 is 9.47 Å². The summed E-state index contributed by atoms with van der Waals surface area (Å²) in [6.07, 6.45) is 0. The first-order valence-corrected chi connectivity index (χ1v) is 5.76. The van der Waals surface area contributed by atoms with E-state index in [0.717, 1.165) is 5.56 Å². The van der Waals surface area contributed by atoms with Crippen LogP contribution in [0.5, 0.6) is 5.75 Å². The highest BCUT2D eigenvalue weighted by Gasteiger charge is 2.16. The zero-order valence-electron chi connectivity index (χ0n) is 10.5. The lowest BCUT2D eigenvalue weighted by molar-refractivity contribution is -0.157. The second kappa shape index (κ2) is 5.41. The zero-order chi connectivity index (χ0) is 13.1. The van der Waals surface area contributed by atoms with E-state index in [-0.39, 0.29) is 12.6 Å². The summed E-state index contributed by atoms with van der Waals surface area (Å²) >= 11 is 5.82. The molecular formula is C13H17ClO3. The molecule has 0 saturated carbocycles. The second-order valence-electron chi connectivity index (χ2n) is 4.78. The third-order valence-corrected chi connectivity index (χ3v) is 2.14. The third kappa shape index (κ3) is 5.09. The molecule has 0 bridgehead atoms. The summed E-state index contributed by atoms with van der Waals surface area (Å²) in [5.41, 5.74) is 0.399. The second-order valence-corrected chi connectivity index (χ2v) is 5.22. The van der Waals surface area contributed by atoms with Gasteiger partial charge in [0, 0.05) is 5.02 Å². The highest BCUT2D eigenvalue weighted by atomic mass is 35.5. The molecule has 0 aromatic heterocycles. The van der Waals surface area contributed by atoms with Crippen LogP contribution in [0.3, 0.4) is 0 Å². The van der Waals surface area contributed by atoms with Gasteiger partial charge in [-0.3, -0.25) is 0 Å². The fourth-order valence-electron chi connectivity index (χ4n) is 1.28. The van der Waals surface area contributed by atoms with Gasteiger partial charge in [0.2, 0.25) is 0 Å². The summed E-state index contributed by atoms with van der Waals surface area (Å²) < 4.78 is 10.5. The van der Waals surface area contributed by atoms with Gasteiger partial charge in [-0.1, -0.05) is 11.6 Å². The first-order chi connectivity index (χ1) is 7.78. The third-order valence-electron chi connectivity index (χ3n) is 1.90. The summed E-state index contributed by atoms with van der Waals surface area (Å²) in [4.78, 5) is 11.4. The van der Waals surface area contributed by atoms with E-state index in [9.17, 15) is 4.79 Å². The van der Waals surface area contributed by atoms with Crippen LogP contribution in [-0.4, -0.2) is 18.2 Å². The van der Waals surface area contributed by atoms with Crippen molar-refractivity contribution in [2.45, 2.75) is 33.3 Å². The molecule has 0 atom stereocenters. The van der Waals surface area contributed by atoms with Crippen molar-refractivity contribution in [1.29, 1.82) is 0 Å². The molecule has 4 heteroatoms. The lowest BCUT2D eigenvalue weighted by Crippen LogP contribution is -2.27. The maximum atomic E-state index is 11.4. The van der Waals surface area contributed by atoms with Crippen molar-refractivity contribution in [1.82, 2.24) is 0 Å². The Hall–Kier alpha value is -1.22. The molecule has 0 heterocycles. The molecule has 0 aliphatic carbocycles. The van der Waals surface area contributed by atoms with Gasteiger partial charge in [0.05, 0.1) is 0 Å². The fraction of sp³-hybridized carbons (Fsp3) is 0.462. The molecule has 17 heavy (non-hydrogen) atoms. The van der Waals surface area contributed by atoms with Crippen LogP contribution < -0.4 is 4.74 Å². The maximum absolute atomic E-state index is 11.4. The Morgan fingerprint density at radius 3 is 2.53 bits per heavy atom. The summed E-state index contributed by atoms with van der Waals surface area (Å²) in [6.45, 7) is 7.23. The minimum Gasteiger partial charge on any atom is -0.482 e. The molecule has 1 rings (SSSR count). The summed E-state index contributed by atoms with van der Waals surface area (Å²) in [6, 6.07) is 5.24. The quantitative estimate of drug-likeness (QED) is 0.778. The summed E-state index contributed by atoms with van der Waals surface area (Å²) in [5.74, 6) is 0.257. The molecule has 0 unspecified atom stereocenters. The number of carbonyl (C=O) groups excluding carboxylic acids is 1. The van der Waals surface area contributed by atoms with Crippen molar-refractivity contribution >= 4 is 17.6 Å². The lowest BCUT2D eigenvalue weighted by atomic mass is 10.2. The molecule has 0 N–H and O–H groups in total. The molecule has 0 aliphatic rings. The van der Waals surface area contributed by atoms with Crippen LogP contribution in [0.1, 0.15) is 26.3 Å². The Bertz CT molecular complexity index is 408. The van der Waals surface area contributed by atoms with Crippen molar-refractivity contribution in [3.63, 3.8) is 0 Å². The van der Waals surface area contributed by atoms with Crippen molar-refractivity contribution in [3.05, 3.63) is 28.8 Å². The standard InChI is InChI=1S/C13H17ClO3/c1-9-7-10(14)5-6-11(9)16-8-12(15)17-13(2,3)4/h5-7H,8H2,1-4H3. The largest absolute Gasteiger partial charge is 0.482 e. The van der Waals surface area contributed by atoms with Crippen LogP contribution in [0.15, 0.2) is 18.2 Å². The van der Waals surface area contributed by atoms with E-state index in [1.807, 2.05) is 27.7 Å². The van der Waals surface area contributed by atoms with Gasteiger partial charge in [-0.15, -0.1) is 0 Å². The van der Waals surface area contributed by atoms with E-state index in [1.54, 1.807) is 18.2 Å². The Morgan fingerprint density at radius 2 is 2.00 bits per heavy atom. The lowest BCUT2D eigenvalue weighted by Gasteiger charge is -2.19. The highest BCUT2D eigenvalue weighted by Crippen LogP contribution is 2.21. The Kier molecular flexibility index (Phi) is 4.40. The number of hydrogen-bond donors (Lipinski definition) is 0. The van der Waals surface area contributed by atoms with Gasteiger partial charge in [0.1, 0.15) is 11.4 Å². The van der Waals surface area contributed by atoms with Crippen LogP contribution in [0.2, 0.25) is 5.02 Å². The van der Waals surface area contributed by atoms with Crippen molar-refractivity contribution in [2.75, 3.05) is 6.61 Å². The van der Waals surface area contributed by atoms with E-state index >= 15 is 0 Å². The summed E-state index contributed by atoms with van der Waals surface area (Å²) in [5, 5.41) is 0.645. The van der Waals surface area contributed by atoms with Crippen molar-refractivity contribution in [2.24, 2.45) is 0 Å². The highest BCUT2D eigenvalue weighted by molar-refractivity contribution is 6.30. The number of benzene rings is 1. The number of esters is 1. The Balaban J connectivity index is 2.53. The first kappa shape index (κ1) is 13.8. The number of rotatable bonds is 3. The number of ether oxygens (including phenoxy) is 2. The van der Waals surface area contributed by atoms with Gasteiger partial charge in [-0.2, -0.15) is 0 Å². The first-order valence-electron chi connectivity index (χ1n) is 5.39. The molecule has 94 valence electrons. The zero-order valence-corrected chi connectivity index (χ0v) is 11.3. The van der Waals surface area contributed by atoms with Crippen molar-refractivity contribution < 1.29 is 14.3 Å². The Morgan fingerprint density at radius 1 is 1.35 bits per heavy atom. The molecule has 0 spiro atoms. The molecule has 0 fully saturated rings. The molecule has 3 nitrogen and oxygen atoms in total. The van der Waals surface area contributed by atoms with Crippen LogP contribution in [0, 0.1) is 6.92 Å². The molecule has 1 aromatic rings. The predicted octanol–water partition coefficient (Wildman–Crippen LogP) is 3.37. The minimum atomic E-state index is -0.491. The maximum Gasteiger partial charge on any atom is 0.344 e. The van der Waals surface area contributed by atoms with Gasteiger partial charge in [0.25, 0.3) is 0 Å². The molecule has 0 radical (unpaired) electrons. The molecule has 1 aromatic carbocycles. The molecule has 0 saturated heterocycles. The Labute approximate surface area is 107 Å². The van der Waals surface area contributed by atoms with Crippen LogP contribution >= 0.6 is 11.6 Å². The monoisotopic (exact) mass is 256 g/mol. The topological polar surface area (TPSA) is 35.5 Å². The van der Waals surface area contributed by atoms with Gasteiger partial charge >= 0.3 is 5.97 Å². The van der Waals surface area contributed by atoms with Gasteiger partial charge in [-0.25, -0.2) is 4.79 Å². The average Bonchev–Trinajstić information content (AvgIpc) is 2.13. The minimum absolute atomic E-state index is 0.0975. The van der Waals surface area contributed by atoms with Crippen LogP contribution in [0.4, 0.5) is 0 Å². The molecule has 0 aliphatic heterocycles. The normalized spacial score (nSPS) is 11.1. The van der Waals surface area contributed by atoms with Gasteiger partial charge in [-0.05, 0) is 51.5 Å². The van der Waals surface area contributed by atoms with E-state index in [2.05, 4.69) is 0 Å². The molecule has 0 amide bonds. The average molecular weight is 257 g/mol. The number of halogens is 1. The number of aryl methyl sites for hydroxylation is 1. The fourth-order valence-corrected chi connectivity index (χ4v) is 1.51. The number of hydrogen-bond acceptors (Lipinski definition) is 3. The van der Waals surface area contributed by atoms with Crippen molar-refractivity contribution in [3.8, 4) is 5.75 Å². The van der Waals surface area contributed by atoms with Crippen LogP contribution in [0.25, 0.3) is 0 Å². The van der Waals surface area contributed by atoms with E-state index in [0.29, 0.717) is 10.8 Å². The van der Waals surface area contributed by atoms with Gasteiger partial charge in [0.15, 0.2) is 6.61 Å². The van der Waals surface area contributed by atoms with E-state index < -0.39 is 5.60 Å². The predicted molar refractivity (Wildman–Crippen MR) is 67.5 cm³/mol.